The van der Waals surface area contributed by atoms with Crippen molar-refractivity contribution < 1.29 is 53.4 Å². The highest BCUT2D eigenvalue weighted by Gasteiger charge is 2.07. The minimum atomic E-state index is -1.07. The molecule has 86 heavy (non-hydrogen) atoms. The summed E-state index contributed by atoms with van der Waals surface area (Å²) in [5.74, 6) is 4.86. The highest BCUT2D eigenvalue weighted by Crippen LogP contribution is 2.21. The van der Waals surface area contributed by atoms with Crippen molar-refractivity contribution in [2.45, 2.75) is 137 Å². The maximum atomic E-state index is 10.4. The topological polar surface area (TPSA) is 232 Å². The second kappa shape index (κ2) is 58.3. The van der Waals surface area contributed by atoms with Gasteiger partial charge in [-0.3, -0.25) is 14.4 Å². The van der Waals surface area contributed by atoms with Crippen LogP contribution in [0.25, 0.3) is 0 Å². The maximum absolute atomic E-state index is 10.4. The van der Waals surface area contributed by atoms with Crippen LogP contribution in [-0.4, -0.2) is 79.6 Å². The minimum Gasteiger partial charge on any atom is -0.508 e. The Morgan fingerprint density at radius 2 is 0.756 bits per heavy atom. The summed E-state index contributed by atoms with van der Waals surface area (Å²) in [4.78, 5) is 30.9. The summed E-state index contributed by atoms with van der Waals surface area (Å²) in [6.07, 6.45) is 14.3. The summed E-state index contributed by atoms with van der Waals surface area (Å²) in [5.41, 5.74) is 9.71. The van der Waals surface area contributed by atoms with Gasteiger partial charge in [-0.05, 0) is 141 Å². The van der Waals surface area contributed by atoms with Gasteiger partial charge in [-0.15, -0.1) is 36.4 Å². The lowest BCUT2D eigenvalue weighted by atomic mass is 10.1. The van der Waals surface area contributed by atoms with E-state index >= 15 is 0 Å². The molecule has 0 fully saturated rings. The van der Waals surface area contributed by atoms with Crippen LogP contribution in [0.5, 0.6) is 34.5 Å². The lowest BCUT2D eigenvalue weighted by Gasteiger charge is -2.07. The van der Waals surface area contributed by atoms with Crippen LogP contribution in [0.15, 0.2) is 146 Å². The van der Waals surface area contributed by atoms with E-state index in [-0.39, 0.29) is 30.6 Å². The van der Waals surface area contributed by atoms with Gasteiger partial charge in [0.25, 0.3) is 0 Å². The monoisotopic (exact) mass is 1250 g/mol. The molecule has 2 atom stereocenters. The van der Waals surface area contributed by atoms with Crippen molar-refractivity contribution in [3.63, 3.8) is 0 Å². The average molecular weight is 1250 g/mol. The predicted octanol–water partition coefficient (Wildman–Crippen LogP) is 16.6. The van der Waals surface area contributed by atoms with Gasteiger partial charge in [0, 0.05) is 22.6 Å². The molecule has 2 unspecified atom stereocenters. The number of benzene rings is 6. The van der Waals surface area contributed by atoms with Crippen LogP contribution in [0.1, 0.15) is 179 Å². The molecule has 0 saturated heterocycles. The number of nitrogens with two attached hydrogens (primary N) is 1. The number of alkyl halides is 1. The molecule has 5 N–H and O–H groups in total. The van der Waals surface area contributed by atoms with Crippen LogP contribution in [0, 0.1) is 22.7 Å². The smallest absolute Gasteiger partial charge is 0.166 e. The van der Waals surface area contributed by atoms with Gasteiger partial charge in [0.15, 0.2) is 12.2 Å². The number of unbranched alkanes of at least 4 members (excludes halogenated alkanes) is 6. The average Bonchev–Trinajstić information content (AvgIpc) is 3.65. The van der Waals surface area contributed by atoms with Crippen molar-refractivity contribution >= 4 is 55.3 Å². The Morgan fingerprint density at radius 1 is 0.453 bits per heavy atom. The molecule has 6 aromatic rings. The first kappa shape index (κ1) is 83.1. The largest absolute Gasteiger partial charge is 0.508 e. The molecule has 0 bridgehead atoms. The number of carbonyl (C=O) groups excluding carboxylic acids is 3. The van der Waals surface area contributed by atoms with E-state index in [9.17, 15) is 24.6 Å². The number of rotatable bonds is 29. The van der Waals surface area contributed by atoms with E-state index in [4.69, 9.17) is 56.6 Å². The maximum Gasteiger partial charge on any atom is 0.166 e. The van der Waals surface area contributed by atoms with E-state index in [1.54, 1.807) is 84.9 Å². The first-order chi connectivity index (χ1) is 40.9. The number of hydrogen-bond donors (Lipinski definition) is 4. The minimum absolute atomic E-state index is 0. The second-order valence-electron chi connectivity index (χ2n) is 18.5. The van der Waals surface area contributed by atoms with Crippen LogP contribution in [-0.2, 0) is 6.42 Å². The summed E-state index contributed by atoms with van der Waals surface area (Å²) < 4.78 is 27.4. The van der Waals surface area contributed by atoms with Crippen LogP contribution in [0.4, 0.5) is 0 Å². The predicted molar refractivity (Wildman–Crippen MR) is 353 cm³/mol. The van der Waals surface area contributed by atoms with Crippen LogP contribution in [0.3, 0.4) is 0 Å². The highest BCUT2D eigenvalue weighted by atomic mass is 35.5. The van der Waals surface area contributed by atoms with Gasteiger partial charge in [-0.25, -0.2) is 0 Å². The molecule has 0 aromatic heterocycles. The van der Waals surface area contributed by atoms with Crippen molar-refractivity contribution in [3.8, 4) is 46.6 Å². The third-order valence-corrected chi connectivity index (χ3v) is 11.5. The Bertz CT molecular complexity index is 2570. The van der Waals surface area contributed by atoms with Crippen LogP contribution < -0.4 is 29.4 Å². The summed E-state index contributed by atoms with van der Waals surface area (Å²) >= 11 is 5.30. The number of aldehydes is 3. The number of ether oxygens (including phenoxy) is 5. The molecular formula is C69H94Cl3N3O11. The molecule has 0 heterocycles. The Morgan fingerprint density at radius 3 is 1.03 bits per heavy atom. The summed E-state index contributed by atoms with van der Waals surface area (Å²) in [7, 11) is 0. The van der Waals surface area contributed by atoms with E-state index in [0.717, 1.165) is 126 Å². The van der Waals surface area contributed by atoms with Gasteiger partial charge in [0.1, 0.15) is 53.4 Å². The number of nitrogens with zero attached hydrogens (tertiary/aromatic N) is 2. The molecule has 14 nitrogen and oxygen atoms in total. The van der Waals surface area contributed by atoms with E-state index < -0.39 is 12.2 Å². The SMILES string of the molecule is CCCCCl.CCCCOc1cccc(C(O)C#N)c1.CCCCOc1cccc(C(O)C#N)c1.CCCCOc1cccc(C=O)c1.CCCCOc1cccc(C=O)c1.CCCCOc1cccc(CCN)c1.Cl.Cl.O=Cc1cccc(O)c1. The molecule has 0 saturated carbocycles. The van der Waals surface area contributed by atoms with E-state index in [1.807, 2.05) is 48.5 Å². The van der Waals surface area contributed by atoms with E-state index in [0.29, 0.717) is 65.4 Å². The Balaban J connectivity index is -0.000000946. The highest BCUT2D eigenvalue weighted by molar-refractivity contribution is 6.17. The first-order valence-electron chi connectivity index (χ1n) is 29.1. The molecule has 6 aromatic carbocycles. The summed E-state index contributed by atoms with van der Waals surface area (Å²) in [5, 5.41) is 44.5. The molecule has 0 aliphatic rings. The van der Waals surface area contributed by atoms with Crippen molar-refractivity contribution in [1.82, 2.24) is 0 Å². The number of phenolic OH excluding ortho intramolecular Hbond substituents is 1. The number of carbonyl (C=O) groups is 3. The van der Waals surface area contributed by atoms with Crippen LogP contribution >= 0.6 is 36.4 Å². The van der Waals surface area contributed by atoms with Gasteiger partial charge in [0.05, 0.1) is 45.2 Å². The molecular weight excluding hydrogens is 1150 g/mol. The number of aliphatic hydroxyl groups excluding tert-OH is 2. The second-order valence-corrected chi connectivity index (χ2v) is 18.9. The Kier molecular flexibility index (Phi) is 56.3. The lowest BCUT2D eigenvalue weighted by molar-refractivity contribution is 0.111. The van der Waals surface area contributed by atoms with Crippen molar-refractivity contribution in [1.29, 1.82) is 10.5 Å². The number of halogens is 3. The number of phenols is 1. The van der Waals surface area contributed by atoms with Gasteiger partial charge < -0.3 is 44.7 Å². The number of hydrogen-bond acceptors (Lipinski definition) is 14. The van der Waals surface area contributed by atoms with Gasteiger partial charge in [0.2, 0.25) is 0 Å². The number of aromatic hydroxyl groups is 1. The quantitative estimate of drug-likeness (QED) is 0.0148. The van der Waals surface area contributed by atoms with Crippen molar-refractivity contribution in [2.24, 2.45) is 5.73 Å². The summed E-state index contributed by atoms with van der Waals surface area (Å²) in [6.45, 7) is 17.0. The molecule has 0 radical (unpaired) electrons. The molecule has 472 valence electrons. The fourth-order valence-electron chi connectivity index (χ4n) is 6.41. The fraction of sp³-hybridized carbons (Fsp3) is 0.406. The zero-order chi connectivity index (χ0) is 62.3. The fourth-order valence-corrected chi connectivity index (χ4v) is 6.68. The zero-order valence-electron chi connectivity index (χ0n) is 51.2. The third-order valence-electron chi connectivity index (χ3n) is 11.2. The molecule has 0 aliphatic heterocycles. The first-order valence-corrected chi connectivity index (χ1v) is 29.6. The summed E-state index contributed by atoms with van der Waals surface area (Å²) in [6, 6.07) is 46.3. The van der Waals surface area contributed by atoms with Gasteiger partial charge in [-0.2, -0.15) is 10.5 Å². The Hall–Kier alpha value is -7.14. The molecule has 0 aliphatic carbocycles. The molecule has 0 amide bonds. The molecule has 17 heteroatoms. The standard InChI is InChI=1S/2C12H15NO2.C12H19NO.2C11H14O2.C7H6O2.C4H9Cl.2ClH/c2*1-2-3-7-15-11-6-4-5-10(8-11)12(14)9-13;1-2-3-9-14-12-6-4-5-11(10-12)7-8-13;2*1-2-3-7-13-11-6-4-5-10(8-11)9-12;8-5-6-2-1-3-7(9)4-6;1-2-3-4-5;;/h2*4-6,8,12,14H,2-3,7H2,1H3;4-6,10H,2-3,7-9,13H2,1H3;2*4-6,8-9H,2-3,7H2,1H3;1-5,9H;2-4H2,1H3;2*1H. The van der Waals surface area contributed by atoms with Crippen LogP contribution in [0.2, 0.25) is 0 Å². The molecule has 6 rings (SSSR count). The van der Waals surface area contributed by atoms with Crippen molar-refractivity contribution in [2.75, 3.05) is 45.5 Å². The normalized spacial score (nSPS) is 10.1. The lowest BCUT2D eigenvalue weighted by Crippen LogP contribution is -2.03. The number of nitriles is 2. The van der Waals surface area contributed by atoms with E-state index in [1.165, 1.54) is 30.5 Å². The van der Waals surface area contributed by atoms with E-state index in [2.05, 4.69) is 53.7 Å². The zero-order valence-corrected chi connectivity index (χ0v) is 53.5. The van der Waals surface area contributed by atoms with Gasteiger partial charge >= 0.3 is 0 Å². The Labute approximate surface area is 530 Å². The number of aliphatic hydroxyl groups is 2. The molecule has 0 spiro atoms. The third kappa shape index (κ3) is 43.5. The van der Waals surface area contributed by atoms with Crippen molar-refractivity contribution in [3.05, 3.63) is 179 Å². The van der Waals surface area contributed by atoms with Gasteiger partial charge in [-0.1, -0.05) is 153 Å².